The number of nitrogens with zero attached hydrogens (tertiary/aromatic N) is 1. The number of benzene rings is 1. The summed E-state index contributed by atoms with van der Waals surface area (Å²) in [6, 6.07) is 9.40. The highest BCUT2D eigenvalue weighted by atomic mass is 19.1. The van der Waals surface area contributed by atoms with Crippen molar-refractivity contribution in [1.29, 1.82) is 0 Å². The van der Waals surface area contributed by atoms with Crippen LogP contribution in [0, 0.1) is 5.82 Å². The van der Waals surface area contributed by atoms with Crippen LogP contribution in [0.1, 0.15) is 41.1 Å². The van der Waals surface area contributed by atoms with Crippen molar-refractivity contribution in [3.63, 3.8) is 0 Å². The van der Waals surface area contributed by atoms with Gasteiger partial charge in [-0.15, -0.1) is 0 Å². The minimum Gasteiger partial charge on any atom is -0.326 e. The van der Waals surface area contributed by atoms with Crippen LogP contribution in [0.2, 0.25) is 0 Å². The molecule has 0 radical (unpaired) electrons. The summed E-state index contributed by atoms with van der Waals surface area (Å²) in [5, 5.41) is 0. The van der Waals surface area contributed by atoms with Crippen LogP contribution in [0.15, 0.2) is 36.5 Å². The number of aromatic nitrogens is 1. The van der Waals surface area contributed by atoms with Gasteiger partial charge in [-0.05, 0) is 42.5 Å². The molecule has 1 aromatic carbocycles. The number of rotatable bonds is 2. The molecule has 3 rings (SSSR count). The van der Waals surface area contributed by atoms with Gasteiger partial charge in [0.2, 0.25) is 0 Å². The second-order valence-corrected chi connectivity index (χ2v) is 5.05. The molecule has 1 atom stereocenters. The SMILES string of the molecule is NCc1cc(C2CCCc3cccnc32)ccc1F. The third-order valence-corrected chi connectivity index (χ3v) is 3.89. The Kier molecular flexibility index (Phi) is 3.30. The molecular formula is C16H17FN2. The van der Waals surface area contributed by atoms with E-state index in [0.29, 0.717) is 5.56 Å². The van der Waals surface area contributed by atoms with Gasteiger partial charge in [0.05, 0.1) is 5.69 Å². The normalized spacial score (nSPS) is 18.1. The summed E-state index contributed by atoms with van der Waals surface area (Å²) < 4.78 is 13.5. The number of halogens is 1. The average molecular weight is 256 g/mol. The molecule has 0 aliphatic heterocycles. The molecule has 19 heavy (non-hydrogen) atoms. The van der Waals surface area contributed by atoms with Gasteiger partial charge in [0, 0.05) is 24.2 Å². The molecular weight excluding hydrogens is 239 g/mol. The molecule has 0 amide bonds. The van der Waals surface area contributed by atoms with Crippen LogP contribution in [0.3, 0.4) is 0 Å². The number of nitrogens with two attached hydrogens (primary N) is 1. The number of aryl methyl sites for hydroxylation is 1. The van der Waals surface area contributed by atoms with Crippen LogP contribution in [0.25, 0.3) is 0 Å². The van der Waals surface area contributed by atoms with Crippen molar-refractivity contribution in [2.24, 2.45) is 5.73 Å². The molecule has 3 heteroatoms. The topological polar surface area (TPSA) is 38.9 Å². The zero-order chi connectivity index (χ0) is 13.2. The van der Waals surface area contributed by atoms with Crippen molar-refractivity contribution in [1.82, 2.24) is 4.98 Å². The zero-order valence-electron chi connectivity index (χ0n) is 10.8. The van der Waals surface area contributed by atoms with Gasteiger partial charge in [-0.3, -0.25) is 4.98 Å². The lowest BCUT2D eigenvalue weighted by molar-refractivity contribution is 0.588. The molecule has 0 saturated carbocycles. The van der Waals surface area contributed by atoms with Gasteiger partial charge >= 0.3 is 0 Å². The van der Waals surface area contributed by atoms with E-state index < -0.39 is 0 Å². The quantitative estimate of drug-likeness (QED) is 0.896. The second-order valence-electron chi connectivity index (χ2n) is 5.05. The molecule has 2 nitrogen and oxygen atoms in total. The van der Waals surface area contributed by atoms with Crippen LogP contribution in [-0.4, -0.2) is 4.98 Å². The Morgan fingerprint density at radius 1 is 1.32 bits per heavy atom. The molecule has 1 aliphatic carbocycles. The van der Waals surface area contributed by atoms with E-state index in [2.05, 4.69) is 11.1 Å². The lowest BCUT2D eigenvalue weighted by Gasteiger charge is -2.25. The maximum absolute atomic E-state index is 13.5. The van der Waals surface area contributed by atoms with Gasteiger partial charge in [0.15, 0.2) is 0 Å². The van der Waals surface area contributed by atoms with Crippen LogP contribution in [-0.2, 0) is 13.0 Å². The first kappa shape index (κ1) is 12.3. The first-order chi connectivity index (χ1) is 9.29. The molecule has 1 unspecified atom stereocenters. The van der Waals surface area contributed by atoms with Crippen molar-refractivity contribution in [2.75, 3.05) is 0 Å². The lowest BCUT2D eigenvalue weighted by Crippen LogP contribution is -2.13. The maximum atomic E-state index is 13.5. The smallest absolute Gasteiger partial charge is 0.127 e. The summed E-state index contributed by atoms with van der Waals surface area (Å²) in [6.45, 7) is 0.238. The van der Waals surface area contributed by atoms with E-state index in [1.165, 1.54) is 11.6 Å². The molecule has 1 aliphatic rings. The van der Waals surface area contributed by atoms with Gasteiger partial charge in [-0.1, -0.05) is 18.2 Å². The Morgan fingerprint density at radius 3 is 3.05 bits per heavy atom. The number of hydrogen-bond donors (Lipinski definition) is 1. The molecule has 98 valence electrons. The summed E-state index contributed by atoms with van der Waals surface area (Å²) in [6.07, 6.45) is 5.15. The molecule has 2 aromatic rings. The van der Waals surface area contributed by atoms with E-state index in [-0.39, 0.29) is 18.3 Å². The van der Waals surface area contributed by atoms with Crippen molar-refractivity contribution < 1.29 is 4.39 Å². The highest BCUT2D eigenvalue weighted by Gasteiger charge is 2.23. The molecule has 0 fully saturated rings. The number of pyridine rings is 1. The van der Waals surface area contributed by atoms with Crippen molar-refractivity contribution in [3.8, 4) is 0 Å². The highest BCUT2D eigenvalue weighted by molar-refractivity contribution is 5.37. The molecule has 2 N–H and O–H groups in total. The summed E-state index contributed by atoms with van der Waals surface area (Å²) in [5.74, 6) is 0.0548. The van der Waals surface area contributed by atoms with Crippen molar-refractivity contribution >= 4 is 0 Å². The number of hydrogen-bond acceptors (Lipinski definition) is 2. The van der Waals surface area contributed by atoms with Gasteiger partial charge in [-0.25, -0.2) is 4.39 Å². The third kappa shape index (κ3) is 2.26. The monoisotopic (exact) mass is 256 g/mol. The van der Waals surface area contributed by atoms with Crippen LogP contribution in [0.5, 0.6) is 0 Å². The van der Waals surface area contributed by atoms with Crippen molar-refractivity contribution in [3.05, 3.63) is 64.7 Å². The Labute approximate surface area is 112 Å². The predicted octanol–water partition coefficient (Wildman–Crippen LogP) is 3.15. The molecule has 1 aromatic heterocycles. The average Bonchev–Trinajstić information content (AvgIpc) is 2.47. The molecule has 0 saturated heterocycles. The van der Waals surface area contributed by atoms with Crippen LogP contribution >= 0.6 is 0 Å². The summed E-state index contributed by atoms with van der Waals surface area (Å²) >= 11 is 0. The van der Waals surface area contributed by atoms with Gasteiger partial charge < -0.3 is 5.73 Å². The fraction of sp³-hybridized carbons (Fsp3) is 0.312. The summed E-state index contributed by atoms with van der Waals surface area (Å²) in [4.78, 5) is 4.53. The molecule has 0 bridgehead atoms. The van der Waals surface area contributed by atoms with E-state index in [1.54, 1.807) is 0 Å². The van der Waals surface area contributed by atoms with Crippen molar-refractivity contribution in [2.45, 2.75) is 31.7 Å². The highest BCUT2D eigenvalue weighted by Crippen LogP contribution is 2.35. The first-order valence-electron chi connectivity index (χ1n) is 6.72. The predicted molar refractivity (Wildman–Crippen MR) is 73.3 cm³/mol. The Morgan fingerprint density at radius 2 is 2.21 bits per heavy atom. The van der Waals surface area contributed by atoms with E-state index in [4.69, 9.17) is 5.73 Å². The van der Waals surface area contributed by atoms with Crippen LogP contribution in [0.4, 0.5) is 4.39 Å². The van der Waals surface area contributed by atoms with Gasteiger partial charge in [0.1, 0.15) is 5.82 Å². The Hall–Kier alpha value is -1.74. The van der Waals surface area contributed by atoms with E-state index in [1.807, 2.05) is 24.4 Å². The fourth-order valence-electron chi connectivity index (χ4n) is 2.90. The van der Waals surface area contributed by atoms with Gasteiger partial charge in [-0.2, -0.15) is 0 Å². The zero-order valence-corrected chi connectivity index (χ0v) is 10.8. The standard InChI is InChI=1S/C16H17FN2/c17-15-7-6-12(9-13(15)10-18)14-5-1-3-11-4-2-8-19-16(11)14/h2,4,6-9,14H,1,3,5,10,18H2. The minimum atomic E-state index is -0.219. The Bertz CT molecular complexity index is 595. The second kappa shape index (κ2) is 5.10. The van der Waals surface area contributed by atoms with E-state index >= 15 is 0 Å². The largest absolute Gasteiger partial charge is 0.326 e. The van der Waals surface area contributed by atoms with E-state index in [9.17, 15) is 4.39 Å². The minimum absolute atomic E-state index is 0.219. The Balaban J connectivity index is 2.04. The van der Waals surface area contributed by atoms with Gasteiger partial charge in [0.25, 0.3) is 0 Å². The summed E-state index contributed by atoms with van der Waals surface area (Å²) in [7, 11) is 0. The maximum Gasteiger partial charge on any atom is 0.127 e. The van der Waals surface area contributed by atoms with E-state index in [0.717, 1.165) is 30.5 Å². The molecule has 1 heterocycles. The lowest BCUT2D eigenvalue weighted by atomic mass is 9.82. The molecule has 0 spiro atoms. The number of fused-ring (bicyclic) bond motifs is 1. The summed E-state index contributed by atoms with van der Waals surface area (Å²) in [5.41, 5.74) is 9.76. The fourth-order valence-corrected chi connectivity index (χ4v) is 2.90. The first-order valence-corrected chi connectivity index (χ1v) is 6.72. The third-order valence-electron chi connectivity index (χ3n) is 3.89. The van der Waals surface area contributed by atoms with Crippen LogP contribution < -0.4 is 5.73 Å².